The molecule has 1 aromatic rings. The second-order valence-electron chi connectivity index (χ2n) is 9.01. The maximum atomic E-state index is 12.7. The summed E-state index contributed by atoms with van der Waals surface area (Å²) < 4.78 is 6.47. The Labute approximate surface area is 182 Å². The summed E-state index contributed by atoms with van der Waals surface area (Å²) in [4.78, 5) is 28.9. The third-order valence-electron chi connectivity index (χ3n) is 5.54. The highest BCUT2D eigenvalue weighted by atomic mass is 79.9. The van der Waals surface area contributed by atoms with Crippen LogP contribution in [0.2, 0.25) is 0 Å². The summed E-state index contributed by atoms with van der Waals surface area (Å²) in [6.45, 7) is 10.3. The lowest BCUT2D eigenvalue weighted by atomic mass is 9.95. The third kappa shape index (κ3) is 5.95. The van der Waals surface area contributed by atoms with E-state index in [1.54, 1.807) is 4.90 Å². The summed E-state index contributed by atoms with van der Waals surface area (Å²) in [5.74, 6) is 0.148. The molecule has 0 spiro atoms. The van der Waals surface area contributed by atoms with Gasteiger partial charge < -0.3 is 15.0 Å². The van der Waals surface area contributed by atoms with Gasteiger partial charge in [-0.1, -0.05) is 28.1 Å². The summed E-state index contributed by atoms with van der Waals surface area (Å²) >= 11 is 3.45. The normalized spacial score (nSPS) is 19.0. The molecule has 0 radical (unpaired) electrons. The molecule has 3 rings (SSSR count). The van der Waals surface area contributed by atoms with Gasteiger partial charge in [0.05, 0.1) is 5.41 Å². The lowest BCUT2D eigenvalue weighted by molar-refractivity contribution is -0.123. The number of hydrogen-bond donors (Lipinski definition) is 1. The van der Waals surface area contributed by atoms with Gasteiger partial charge in [0.25, 0.3) is 0 Å². The van der Waals surface area contributed by atoms with Crippen molar-refractivity contribution in [3.05, 3.63) is 34.3 Å². The standard InChI is InChI=1S/C22H32BrN3O3/c1-21(2,3)29-20(28)26-15-13-25(14-16-26)12-4-11-24-19(27)22(9-10-22)17-5-7-18(23)8-6-17/h5-8H,4,9-16H2,1-3H3,(H,24,27). The van der Waals surface area contributed by atoms with Crippen LogP contribution in [0.15, 0.2) is 28.7 Å². The molecular weight excluding hydrogens is 434 g/mol. The first kappa shape index (κ1) is 22.1. The Hall–Kier alpha value is -1.60. The van der Waals surface area contributed by atoms with Gasteiger partial charge in [-0.2, -0.15) is 0 Å². The van der Waals surface area contributed by atoms with Crippen molar-refractivity contribution < 1.29 is 14.3 Å². The molecule has 0 aromatic heterocycles. The smallest absolute Gasteiger partial charge is 0.410 e. The Balaban J connectivity index is 1.35. The fourth-order valence-electron chi connectivity index (χ4n) is 3.70. The first-order valence-corrected chi connectivity index (χ1v) is 11.2. The van der Waals surface area contributed by atoms with Gasteiger partial charge in [-0.05, 0) is 64.3 Å². The SMILES string of the molecule is CC(C)(C)OC(=O)N1CCN(CCCNC(=O)C2(c3ccc(Br)cc3)CC2)CC1. The fraction of sp³-hybridized carbons (Fsp3) is 0.636. The third-order valence-corrected chi connectivity index (χ3v) is 6.07. The number of carbonyl (C=O) groups is 2. The predicted molar refractivity (Wildman–Crippen MR) is 117 cm³/mol. The van der Waals surface area contributed by atoms with Crippen molar-refractivity contribution >= 4 is 27.9 Å². The fourth-order valence-corrected chi connectivity index (χ4v) is 3.96. The van der Waals surface area contributed by atoms with Crippen LogP contribution in [0.1, 0.15) is 45.6 Å². The Morgan fingerprint density at radius 1 is 1.10 bits per heavy atom. The Bertz CT molecular complexity index is 718. The van der Waals surface area contributed by atoms with Crippen LogP contribution in [-0.4, -0.2) is 66.7 Å². The number of nitrogens with zero attached hydrogens (tertiary/aromatic N) is 2. The Morgan fingerprint density at radius 3 is 2.28 bits per heavy atom. The molecule has 7 heteroatoms. The van der Waals surface area contributed by atoms with E-state index in [9.17, 15) is 9.59 Å². The summed E-state index contributed by atoms with van der Waals surface area (Å²) in [6.07, 6.45) is 2.53. The van der Waals surface area contributed by atoms with Gasteiger partial charge in [-0.15, -0.1) is 0 Å². The van der Waals surface area contributed by atoms with Crippen molar-refractivity contribution in [2.75, 3.05) is 39.3 Å². The zero-order chi connectivity index (χ0) is 21.1. The molecule has 1 aliphatic heterocycles. The van der Waals surface area contributed by atoms with E-state index >= 15 is 0 Å². The summed E-state index contributed by atoms with van der Waals surface area (Å²) in [6, 6.07) is 8.08. The van der Waals surface area contributed by atoms with Crippen molar-refractivity contribution in [1.82, 2.24) is 15.1 Å². The van der Waals surface area contributed by atoms with E-state index in [0.29, 0.717) is 19.6 Å². The van der Waals surface area contributed by atoms with E-state index in [4.69, 9.17) is 4.74 Å². The first-order chi connectivity index (χ1) is 13.7. The Morgan fingerprint density at radius 2 is 1.72 bits per heavy atom. The minimum Gasteiger partial charge on any atom is -0.444 e. The number of benzene rings is 1. The highest BCUT2D eigenvalue weighted by molar-refractivity contribution is 9.10. The second kappa shape index (κ2) is 9.04. The van der Waals surface area contributed by atoms with E-state index in [1.807, 2.05) is 45.0 Å². The number of ether oxygens (including phenoxy) is 1. The van der Waals surface area contributed by atoms with Crippen LogP contribution in [0.4, 0.5) is 4.79 Å². The van der Waals surface area contributed by atoms with Crippen LogP contribution in [0.25, 0.3) is 0 Å². The van der Waals surface area contributed by atoms with E-state index in [1.165, 1.54) is 0 Å². The van der Waals surface area contributed by atoms with E-state index < -0.39 is 5.60 Å². The molecule has 160 valence electrons. The van der Waals surface area contributed by atoms with E-state index in [0.717, 1.165) is 48.9 Å². The molecule has 1 aliphatic carbocycles. The quantitative estimate of drug-likeness (QED) is 0.652. The molecule has 2 aliphatic rings. The van der Waals surface area contributed by atoms with Gasteiger partial charge in [0, 0.05) is 37.2 Å². The molecule has 6 nitrogen and oxygen atoms in total. The van der Waals surface area contributed by atoms with Gasteiger partial charge >= 0.3 is 6.09 Å². The van der Waals surface area contributed by atoms with Gasteiger partial charge in [-0.3, -0.25) is 9.69 Å². The monoisotopic (exact) mass is 465 g/mol. The van der Waals surface area contributed by atoms with Crippen molar-refractivity contribution in [3.63, 3.8) is 0 Å². The number of piperazine rings is 1. The van der Waals surface area contributed by atoms with Crippen molar-refractivity contribution in [2.45, 2.75) is 51.0 Å². The van der Waals surface area contributed by atoms with Crippen LogP contribution in [-0.2, 0) is 14.9 Å². The van der Waals surface area contributed by atoms with Gasteiger partial charge in [0.15, 0.2) is 0 Å². The summed E-state index contributed by atoms with van der Waals surface area (Å²) in [7, 11) is 0. The van der Waals surface area contributed by atoms with E-state index in [2.05, 4.69) is 26.1 Å². The molecule has 1 N–H and O–H groups in total. The predicted octanol–water partition coefficient (Wildman–Crippen LogP) is 3.54. The number of carbonyl (C=O) groups excluding carboxylic acids is 2. The number of halogens is 1. The van der Waals surface area contributed by atoms with Crippen LogP contribution in [0.5, 0.6) is 0 Å². The average Bonchev–Trinajstić information content (AvgIpc) is 3.47. The number of rotatable bonds is 6. The molecule has 2 fully saturated rings. The summed E-state index contributed by atoms with van der Waals surface area (Å²) in [5, 5.41) is 3.13. The lowest BCUT2D eigenvalue weighted by Gasteiger charge is -2.35. The van der Waals surface area contributed by atoms with Crippen LogP contribution in [0.3, 0.4) is 0 Å². The maximum Gasteiger partial charge on any atom is 0.410 e. The topological polar surface area (TPSA) is 61.9 Å². The van der Waals surface area contributed by atoms with Crippen LogP contribution < -0.4 is 5.32 Å². The lowest BCUT2D eigenvalue weighted by Crippen LogP contribution is -2.50. The second-order valence-corrected chi connectivity index (χ2v) is 9.92. The van der Waals surface area contributed by atoms with Crippen molar-refractivity contribution in [1.29, 1.82) is 0 Å². The van der Waals surface area contributed by atoms with E-state index in [-0.39, 0.29) is 17.4 Å². The zero-order valence-corrected chi connectivity index (χ0v) is 19.3. The highest BCUT2D eigenvalue weighted by Gasteiger charge is 2.50. The molecule has 1 aromatic carbocycles. The van der Waals surface area contributed by atoms with Gasteiger partial charge in [0.1, 0.15) is 5.60 Å². The molecule has 29 heavy (non-hydrogen) atoms. The van der Waals surface area contributed by atoms with Crippen molar-refractivity contribution in [2.24, 2.45) is 0 Å². The average molecular weight is 466 g/mol. The molecule has 0 atom stereocenters. The molecule has 1 saturated carbocycles. The molecule has 2 amide bonds. The number of hydrogen-bond acceptors (Lipinski definition) is 4. The van der Waals surface area contributed by atoms with Crippen molar-refractivity contribution in [3.8, 4) is 0 Å². The molecule has 1 saturated heterocycles. The molecule has 1 heterocycles. The number of nitrogens with one attached hydrogen (secondary N) is 1. The van der Waals surface area contributed by atoms with Gasteiger partial charge in [0.2, 0.25) is 5.91 Å². The maximum absolute atomic E-state index is 12.7. The van der Waals surface area contributed by atoms with Crippen LogP contribution >= 0.6 is 15.9 Å². The highest BCUT2D eigenvalue weighted by Crippen LogP contribution is 2.48. The largest absolute Gasteiger partial charge is 0.444 e. The van der Waals surface area contributed by atoms with Crippen LogP contribution in [0, 0.1) is 0 Å². The minimum absolute atomic E-state index is 0.148. The number of amides is 2. The summed E-state index contributed by atoms with van der Waals surface area (Å²) in [5.41, 5.74) is 0.331. The van der Waals surface area contributed by atoms with Gasteiger partial charge in [-0.25, -0.2) is 4.79 Å². The first-order valence-electron chi connectivity index (χ1n) is 10.4. The molecule has 0 bridgehead atoms. The Kier molecular flexibility index (Phi) is 6.89. The molecule has 0 unspecified atom stereocenters. The zero-order valence-electron chi connectivity index (χ0n) is 17.7. The minimum atomic E-state index is -0.457. The molecular formula is C22H32BrN3O3.